The number of aromatic nitrogens is 1. The lowest BCUT2D eigenvalue weighted by atomic mass is 9.73. The van der Waals surface area contributed by atoms with Crippen molar-refractivity contribution in [1.82, 2.24) is 9.88 Å². The maximum atomic E-state index is 13.1. The number of carbonyl (C=O) groups is 2. The van der Waals surface area contributed by atoms with Crippen molar-refractivity contribution >= 4 is 28.4 Å². The van der Waals surface area contributed by atoms with Gasteiger partial charge in [-0.05, 0) is 42.0 Å². The van der Waals surface area contributed by atoms with Gasteiger partial charge in [0.05, 0.1) is 17.4 Å². The highest BCUT2D eigenvalue weighted by Crippen LogP contribution is 2.65. The van der Waals surface area contributed by atoms with E-state index in [2.05, 4.69) is 51.7 Å². The standard InChI is InChI=1S/C24H21N3O2.2H2/c28-22-19(15-12-27-10-4-6-13-5-3-7-14(15)21(13)27)20(23(29)26-22)24-11-18(24)25-17-9-2-1-8-16(17)24;;/h1-3,5,7-9,12,18-20,25H,4,6,10-11H2,(H,26,28,29);2*1H/t18?,19-,20-,24?;;/m0../s1. The number of aryl methyl sites for hydroxylation is 2. The Hall–Kier alpha value is -3.08. The number of rotatable bonds is 2. The normalized spacial score (nSPS) is 31.4. The quantitative estimate of drug-likeness (QED) is 0.661. The molecule has 148 valence electrons. The summed E-state index contributed by atoms with van der Waals surface area (Å²) < 4.78 is 2.29. The zero-order valence-electron chi connectivity index (χ0n) is 15.9. The summed E-state index contributed by atoms with van der Waals surface area (Å²) in [6.45, 7) is 0.971. The van der Waals surface area contributed by atoms with Crippen LogP contribution < -0.4 is 10.6 Å². The minimum absolute atomic E-state index is 0. The Labute approximate surface area is 171 Å². The molecule has 5 nitrogen and oxygen atoms in total. The lowest BCUT2D eigenvalue weighted by molar-refractivity contribution is -0.126. The summed E-state index contributed by atoms with van der Waals surface area (Å²) in [4.78, 5) is 26.2. The van der Waals surface area contributed by atoms with E-state index in [9.17, 15) is 9.59 Å². The summed E-state index contributed by atoms with van der Waals surface area (Å²) >= 11 is 0. The summed E-state index contributed by atoms with van der Waals surface area (Å²) in [7, 11) is 0. The average Bonchev–Trinajstić information content (AvgIpc) is 3.00. The van der Waals surface area contributed by atoms with Crippen LogP contribution in [0.25, 0.3) is 10.9 Å². The Kier molecular flexibility index (Phi) is 2.77. The Morgan fingerprint density at radius 2 is 1.97 bits per heavy atom. The number of nitrogens with one attached hydrogen (secondary N) is 2. The summed E-state index contributed by atoms with van der Waals surface area (Å²) in [6.07, 6.45) is 5.24. The maximum absolute atomic E-state index is 13.1. The summed E-state index contributed by atoms with van der Waals surface area (Å²) in [5, 5.41) is 7.39. The Balaban J connectivity index is 0.00000102. The van der Waals surface area contributed by atoms with E-state index in [-0.39, 0.29) is 32.0 Å². The van der Waals surface area contributed by atoms with Crippen LogP contribution in [0.3, 0.4) is 0 Å². The third kappa shape index (κ3) is 1.82. The predicted octanol–water partition coefficient (Wildman–Crippen LogP) is 3.57. The van der Waals surface area contributed by atoms with Gasteiger partial charge in [-0.2, -0.15) is 0 Å². The van der Waals surface area contributed by atoms with Crippen LogP contribution in [0.2, 0.25) is 0 Å². The summed E-state index contributed by atoms with van der Waals surface area (Å²) in [5.74, 6) is -1.06. The number of amides is 2. The molecule has 2 aromatic carbocycles. The van der Waals surface area contributed by atoms with Crippen LogP contribution in [0.5, 0.6) is 0 Å². The molecule has 1 saturated heterocycles. The largest absolute Gasteiger partial charge is 0.381 e. The molecule has 2 amide bonds. The second-order valence-electron chi connectivity index (χ2n) is 8.99. The van der Waals surface area contributed by atoms with Gasteiger partial charge in [-0.15, -0.1) is 0 Å². The predicted molar refractivity (Wildman–Crippen MR) is 114 cm³/mol. The summed E-state index contributed by atoms with van der Waals surface area (Å²) in [6, 6.07) is 14.9. The number of carbonyl (C=O) groups excluding carboxylic acids is 2. The zero-order valence-corrected chi connectivity index (χ0v) is 15.9. The van der Waals surface area contributed by atoms with Crippen molar-refractivity contribution in [1.29, 1.82) is 0 Å². The lowest BCUT2D eigenvalue weighted by Gasteiger charge is -2.24. The van der Waals surface area contributed by atoms with Crippen LogP contribution in [0.15, 0.2) is 48.7 Å². The second kappa shape index (κ2) is 5.09. The van der Waals surface area contributed by atoms with Gasteiger partial charge in [0, 0.05) is 38.1 Å². The van der Waals surface area contributed by atoms with Crippen LogP contribution in [0.4, 0.5) is 5.69 Å². The van der Waals surface area contributed by atoms with Crippen molar-refractivity contribution in [3.63, 3.8) is 0 Å². The van der Waals surface area contributed by atoms with E-state index in [1.54, 1.807) is 0 Å². The van der Waals surface area contributed by atoms with Gasteiger partial charge in [0.2, 0.25) is 11.8 Å². The molecule has 0 bridgehead atoms. The topological polar surface area (TPSA) is 63.1 Å². The number of para-hydroxylation sites is 2. The molecule has 1 aliphatic carbocycles. The first kappa shape index (κ1) is 15.8. The first-order valence-corrected chi connectivity index (χ1v) is 10.5. The lowest BCUT2D eigenvalue weighted by Crippen LogP contribution is -2.32. The van der Waals surface area contributed by atoms with Crippen LogP contribution in [-0.2, 0) is 28.0 Å². The molecule has 2 unspecified atom stereocenters. The van der Waals surface area contributed by atoms with E-state index in [1.165, 1.54) is 16.6 Å². The smallest absolute Gasteiger partial charge is 0.235 e. The van der Waals surface area contributed by atoms with Crippen molar-refractivity contribution in [3.8, 4) is 0 Å². The molecule has 0 radical (unpaired) electrons. The molecule has 3 aromatic rings. The maximum Gasteiger partial charge on any atom is 0.235 e. The Bertz CT molecular complexity index is 1250. The molecular formula is C24H25N3O2. The number of fused-ring (bicyclic) bond motifs is 3. The molecule has 2 fully saturated rings. The molecule has 1 aromatic heterocycles. The highest BCUT2D eigenvalue weighted by molar-refractivity contribution is 6.11. The van der Waals surface area contributed by atoms with Gasteiger partial charge >= 0.3 is 0 Å². The number of benzene rings is 2. The number of hydrogen-bond acceptors (Lipinski definition) is 3. The average molecular weight is 387 g/mol. The fraction of sp³-hybridized carbons (Fsp3) is 0.333. The minimum Gasteiger partial charge on any atom is -0.381 e. The molecule has 4 aliphatic rings. The van der Waals surface area contributed by atoms with Gasteiger partial charge < -0.3 is 9.88 Å². The molecule has 0 spiro atoms. The first-order valence-electron chi connectivity index (χ1n) is 10.5. The van der Waals surface area contributed by atoms with E-state index in [0.29, 0.717) is 0 Å². The van der Waals surface area contributed by atoms with Gasteiger partial charge in [-0.3, -0.25) is 14.9 Å². The molecular weight excluding hydrogens is 362 g/mol. The van der Waals surface area contributed by atoms with Gasteiger partial charge in [-0.25, -0.2) is 0 Å². The summed E-state index contributed by atoms with van der Waals surface area (Å²) in [5.41, 5.74) is 5.63. The van der Waals surface area contributed by atoms with Crippen molar-refractivity contribution in [2.24, 2.45) is 5.92 Å². The Morgan fingerprint density at radius 1 is 1.07 bits per heavy atom. The van der Waals surface area contributed by atoms with Gasteiger partial charge in [-0.1, -0.05) is 36.4 Å². The molecule has 7 rings (SSSR count). The van der Waals surface area contributed by atoms with Crippen molar-refractivity contribution in [3.05, 3.63) is 65.4 Å². The van der Waals surface area contributed by atoms with E-state index in [0.717, 1.165) is 42.4 Å². The molecule has 2 N–H and O–H groups in total. The third-order valence-corrected chi connectivity index (χ3v) is 7.65. The van der Waals surface area contributed by atoms with Gasteiger partial charge in [0.25, 0.3) is 0 Å². The molecule has 5 heteroatoms. The zero-order chi connectivity index (χ0) is 19.3. The van der Waals surface area contributed by atoms with Crippen molar-refractivity contribution < 1.29 is 12.4 Å². The molecule has 4 heterocycles. The van der Waals surface area contributed by atoms with Crippen LogP contribution in [0.1, 0.15) is 38.3 Å². The molecule has 29 heavy (non-hydrogen) atoms. The molecule has 4 atom stereocenters. The number of imide groups is 1. The highest BCUT2D eigenvalue weighted by Gasteiger charge is 2.70. The first-order chi connectivity index (χ1) is 14.2. The van der Waals surface area contributed by atoms with Crippen molar-refractivity contribution in [2.75, 3.05) is 5.32 Å². The SMILES string of the molecule is O=C1NC(=O)[C@@H](c2cn3c4c(cccc24)CCC3)[C@@H]1C12CC1Nc1ccccc12.[HH].[HH]. The molecule has 1 saturated carbocycles. The Morgan fingerprint density at radius 3 is 2.90 bits per heavy atom. The third-order valence-electron chi connectivity index (χ3n) is 7.65. The fourth-order valence-electron chi connectivity index (χ4n) is 6.43. The van der Waals surface area contributed by atoms with E-state index >= 15 is 0 Å². The number of nitrogens with zero attached hydrogens (tertiary/aromatic N) is 1. The van der Waals surface area contributed by atoms with E-state index in [4.69, 9.17) is 0 Å². The minimum atomic E-state index is -0.433. The van der Waals surface area contributed by atoms with Crippen molar-refractivity contribution in [2.45, 2.75) is 43.2 Å². The van der Waals surface area contributed by atoms with Crippen LogP contribution in [-0.4, -0.2) is 22.4 Å². The highest BCUT2D eigenvalue weighted by atomic mass is 16.2. The number of hydrogen-bond donors (Lipinski definition) is 2. The van der Waals surface area contributed by atoms with Crippen LogP contribution >= 0.6 is 0 Å². The van der Waals surface area contributed by atoms with Gasteiger partial charge in [0.15, 0.2) is 0 Å². The van der Waals surface area contributed by atoms with E-state index < -0.39 is 5.92 Å². The fourth-order valence-corrected chi connectivity index (χ4v) is 6.43. The number of anilines is 1. The second-order valence-corrected chi connectivity index (χ2v) is 8.99. The van der Waals surface area contributed by atoms with Gasteiger partial charge in [0.1, 0.15) is 0 Å². The molecule has 3 aliphatic heterocycles. The van der Waals surface area contributed by atoms with E-state index in [1.807, 2.05) is 12.1 Å². The monoisotopic (exact) mass is 387 g/mol. The van der Waals surface area contributed by atoms with Crippen LogP contribution in [0, 0.1) is 5.92 Å².